The van der Waals surface area contributed by atoms with Crippen LogP contribution in [0.4, 0.5) is 0 Å². The lowest BCUT2D eigenvalue weighted by molar-refractivity contribution is 0.188. The van der Waals surface area contributed by atoms with Gasteiger partial charge in [0.2, 0.25) is 5.56 Å². The minimum atomic E-state index is -4.35. The van der Waals surface area contributed by atoms with E-state index in [2.05, 4.69) is 9.52 Å². The molecule has 0 aliphatic carbocycles. The number of hydrogen-bond acceptors (Lipinski definition) is 4. The molecule has 2 N–H and O–H groups in total. The largest absolute Gasteiger partial charge is 0.472 e. The highest BCUT2D eigenvalue weighted by Crippen LogP contribution is 2.41. The number of phosphoric ester groups is 1. The highest BCUT2D eigenvalue weighted by Gasteiger charge is 2.23. The zero-order chi connectivity index (χ0) is 7.61. The van der Waals surface area contributed by atoms with Gasteiger partial charge in [-0.25, -0.2) is 4.57 Å². The van der Waals surface area contributed by atoms with Gasteiger partial charge >= 0.3 is 7.82 Å². The first-order chi connectivity index (χ1) is 4.58. The van der Waals surface area contributed by atoms with E-state index in [9.17, 15) is 4.57 Å². The first kappa shape index (κ1) is 8.23. The maximum absolute atomic E-state index is 10.2. The molecule has 0 spiro atoms. The van der Waals surface area contributed by atoms with Crippen molar-refractivity contribution in [1.29, 1.82) is 0 Å². The molecule has 0 bridgehead atoms. The van der Waals surface area contributed by atoms with Crippen LogP contribution in [0.5, 0.6) is 0 Å². The first-order valence-corrected chi connectivity index (χ1v) is 5.03. The predicted molar refractivity (Wildman–Crippen MR) is 37.9 cm³/mol. The maximum Gasteiger partial charge on any atom is 0.472 e. The Balaban J connectivity index is 2.39. The highest BCUT2D eigenvalue weighted by atomic mass is 32.2. The maximum atomic E-state index is 10.2. The Bertz CT molecular complexity index is 189. The van der Waals surface area contributed by atoms with E-state index in [0.717, 1.165) is 0 Å². The van der Waals surface area contributed by atoms with Crippen molar-refractivity contribution in [3.05, 3.63) is 0 Å². The quantitative estimate of drug-likeness (QED) is 0.597. The summed E-state index contributed by atoms with van der Waals surface area (Å²) in [5.41, 5.74) is -0.721. The van der Waals surface area contributed by atoms with Gasteiger partial charge in [0, 0.05) is 12.0 Å². The van der Waals surface area contributed by atoms with Crippen molar-refractivity contribution in [2.45, 2.75) is 5.56 Å². The lowest BCUT2D eigenvalue weighted by Crippen LogP contribution is -1.98. The molecule has 0 amide bonds. The van der Waals surface area contributed by atoms with E-state index in [1.165, 1.54) is 11.8 Å². The molecule has 1 aliphatic rings. The Kier molecular flexibility index (Phi) is 2.49. The summed E-state index contributed by atoms with van der Waals surface area (Å²) in [5, 5.41) is 0. The molecule has 7 heteroatoms. The third-order valence-electron chi connectivity index (χ3n) is 0.768. The number of rotatable bonds is 2. The fourth-order valence-corrected chi connectivity index (χ4v) is 1.85. The average molecular weight is 183 g/mol. The third-order valence-corrected chi connectivity index (χ3v) is 2.23. The lowest BCUT2D eigenvalue weighted by Gasteiger charge is -2.07. The van der Waals surface area contributed by atoms with E-state index < -0.39 is 13.4 Å². The van der Waals surface area contributed by atoms with Crippen molar-refractivity contribution in [3.8, 4) is 0 Å². The number of aliphatic imine (C=N–C) groups is 1. The molecule has 0 radical (unpaired) electrons. The molecule has 1 unspecified atom stereocenters. The molecule has 0 fully saturated rings. The topological polar surface area (TPSA) is 79.1 Å². The summed E-state index contributed by atoms with van der Waals surface area (Å²) >= 11 is 1.23. The van der Waals surface area contributed by atoms with E-state index in [-0.39, 0.29) is 0 Å². The van der Waals surface area contributed by atoms with Crippen LogP contribution in [0.25, 0.3) is 0 Å². The van der Waals surface area contributed by atoms with Gasteiger partial charge in [-0.05, 0) is 0 Å². The van der Waals surface area contributed by atoms with Crippen molar-refractivity contribution in [3.63, 3.8) is 0 Å². The normalized spacial score (nSPS) is 25.6. The summed E-state index contributed by atoms with van der Waals surface area (Å²) < 4.78 is 14.4. The molecular formula is C3H6NO4PS. The molecule has 5 nitrogen and oxygen atoms in total. The zero-order valence-corrected chi connectivity index (χ0v) is 6.59. The third kappa shape index (κ3) is 2.81. The summed E-state index contributed by atoms with van der Waals surface area (Å²) in [7, 11) is -4.35. The van der Waals surface area contributed by atoms with Crippen LogP contribution in [0.3, 0.4) is 0 Å². The van der Waals surface area contributed by atoms with Gasteiger partial charge < -0.3 is 9.79 Å². The standard InChI is InChI=1S/C3H6NO4PS/c5-9(6,7)8-3-4-1-2-10-3/h1,3H,2H2,(H2,5,6,7). The van der Waals surface area contributed by atoms with Crippen molar-refractivity contribution in [2.24, 2.45) is 4.99 Å². The van der Waals surface area contributed by atoms with E-state index in [0.29, 0.717) is 5.75 Å². The highest BCUT2D eigenvalue weighted by molar-refractivity contribution is 8.00. The number of nitrogens with zero attached hydrogens (tertiary/aromatic N) is 1. The van der Waals surface area contributed by atoms with Crippen molar-refractivity contribution in [1.82, 2.24) is 0 Å². The number of phosphoric acid groups is 1. The van der Waals surface area contributed by atoms with E-state index in [1.54, 1.807) is 6.21 Å². The monoisotopic (exact) mass is 183 g/mol. The lowest BCUT2D eigenvalue weighted by atomic mass is 10.9. The van der Waals surface area contributed by atoms with E-state index >= 15 is 0 Å². The fraction of sp³-hybridized carbons (Fsp3) is 0.667. The second-order valence-corrected chi connectivity index (χ2v) is 3.83. The zero-order valence-electron chi connectivity index (χ0n) is 4.88. The van der Waals surface area contributed by atoms with Gasteiger partial charge in [0.15, 0.2) is 0 Å². The molecule has 0 saturated carbocycles. The molecule has 1 rings (SSSR count). The van der Waals surface area contributed by atoms with Gasteiger partial charge in [-0.15, -0.1) is 11.8 Å². The minimum absolute atomic E-state index is 0.644. The summed E-state index contributed by atoms with van der Waals surface area (Å²) in [5.74, 6) is 0.644. The summed E-state index contributed by atoms with van der Waals surface area (Å²) in [6, 6.07) is 0. The first-order valence-electron chi connectivity index (χ1n) is 2.45. The van der Waals surface area contributed by atoms with Crippen molar-refractivity contribution >= 4 is 25.8 Å². The summed E-state index contributed by atoms with van der Waals surface area (Å²) in [6.07, 6.45) is 1.56. The molecule has 0 saturated heterocycles. The van der Waals surface area contributed by atoms with E-state index in [1.807, 2.05) is 0 Å². The Morgan fingerprint density at radius 3 is 2.90 bits per heavy atom. The van der Waals surface area contributed by atoms with Gasteiger partial charge in [-0.1, -0.05) is 0 Å². The molecule has 58 valence electrons. The van der Waals surface area contributed by atoms with E-state index in [4.69, 9.17) is 9.79 Å². The van der Waals surface area contributed by atoms with Gasteiger partial charge in [-0.2, -0.15) is 0 Å². The van der Waals surface area contributed by atoms with Crippen molar-refractivity contribution < 1.29 is 18.9 Å². The van der Waals surface area contributed by atoms with Crippen LogP contribution in [0.15, 0.2) is 4.99 Å². The molecular weight excluding hydrogens is 177 g/mol. The van der Waals surface area contributed by atoms with Crippen LogP contribution in [-0.4, -0.2) is 27.3 Å². The summed E-state index contributed by atoms with van der Waals surface area (Å²) in [4.78, 5) is 20.2. The van der Waals surface area contributed by atoms with Gasteiger partial charge in [0.1, 0.15) is 0 Å². The van der Waals surface area contributed by atoms with Crippen LogP contribution in [0, 0.1) is 0 Å². The molecule has 0 aromatic heterocycles. The molecule has 0 aromatic rings. The molecule has 10 heavy (non-hydrogen) atoms. The smallest absolute Gasteiger partial charge is 0.303 e. The van der Waals surface area contributed by atoms with Crippen LogP contribution < -0.4 is 0 Å². The number of hydrogen-bond donors (Lipinski definition) is 2. The van der Waals surface area contributed by atoms with Gasteiger partial charge in [-0.3, -0.25) is 9.52 Å². The van der Waals surface area contributed by atoms with Gasteiger partial charge in [0.05, 0.1) is 0 Å². The van der Waals surface area contributed by atoms with Crippen LogP contribution in [0.1, 0.15) is 0 Å². The number of thioether (sulfide) groups is 1. The van der Waals surface area contributed by atoms with Gasteiger partial charge in [0.25, 0.3) is 0 Å². The minimum Gasteiger partial charge on any atom is -0.303 e. The average Bonchev–Trinajstić information content (AvgIpc) is 2.12. The Morgan fingerprint density at radius 2 is 2.50 bits per heavy atom. The Morgan fingerprint density at radius 1 is 1.80 bits per heavy atom. The molecule has 1 aliphatic heterocycles. The molecule has 1 atom stereocenters. The van der Waals surface area contributed by atoms with Crippen LogP contribution in [0.2, 0.25) is 0 Å². The molecule has 0 aromatic carbocycles. The summed E-state index contributed by atoms with van der Waals surface area (Å²) in [6.45, 7) is 0. The fourth-order valence-electron chi connectivity index (χ4n) is 0.473. The van der Waals surface area contributed by atoms with Crippen molar-refractivity contribution in [2.75, 3.05) is 5.75 Å². The SMILES string of the molecule is O=P(O)(O)OC1N=CCS1. The van der Waals surface area contributed by atoms with Crippen LogP contribution in [-0.2, 0) is 9.09 Å². The molecule has 1 heterocycles. The second-order valence-electron chi connectivity index (χ2n) is 1.57. The Labute approximate surface area is 61.7 Å². The second kappa shape index (κ2) is 3.02. The van der Waals surface area contributed by atoms with Crippen LogP contribution >= 0.6 is 19.6 Å². The predicted octanol–water partition coefficient (Wildman–Crippen LogP) is 0.197. The Hall–Kier alpha value is 0.130.